The Kier molecular flexibility index (Phi) is 4.28. The van der Waals surface area contributed by atoms with Gasteiger partial charge in [-0.1, -0.05) is 24.3 Å². The fourth-order valence-electron chi connectivity index (χ4n) is 2.16. The Morgan fingerprint density at radius 2 is 2.14 bits per heavy atom. The van der Waals surface area contributed by atoms with E-state index in [4.69, 9.17) is 9.47 Å². The molecule has 2 N–H and O–H groups in total. The van der Waals surface area contributed by atoms with Crippen LogP contribution in [0.2, 0.25) is 0 Å². The highest BCUT2D eigenvalue weighted by molar-refractivity contribution is 5.81. The first kappa shape index (κ1) is 13.8. The van der Waals surface area contributed by atoms with E-state index in [-0.39, 0.29) is 5.91 Å². The summed E-state index contributed by atoms with van der Waals surface area (Å²) >= 11 is 0. The minimum absolute atomic E-state index is 0.132. The van der Waals surface area contributed by atoms with Crippen LogP contribution in [0.1, 0.15) is 5.56 Å². The number of rotatable bonds is 4. The summed E-state index contributed by atoms with van der Waals surface area (Å²) in [5.74, 6) is -0.132. The summed E-state index contributed by atoms with van der Waals surface area (Å²) in [4.78, 5) is 11.9. The molecule has 2 aromatic rings. The number of ether oxygens (including phenoxy) is 2. The van der Waals surface area contributed by atoms with Crippen LogP contribution in [0.25, 0.3) is 11.3 Å². The highest BCUT2D eigenvalue weighted by Crippen LogP contribution is 2.16. The van der Waals surface area contributed by atoms with Crippen molar-refractivity contribution < 1.29 is 14.3 Å². The zero-order valence-electron chi connectivity index (χ0n) is 11.5. The zero-order chi connectivity index (χ0) is 14.5. The second kappa shape index (κ2) is 6.51. The van der Waals surface area contributed by atoms with Crippen LogP contribution in [0.5, 0.6) is 0 Å². The van der Waals surface area contributed by atoms with E-state index < -0.39 is 6.10 Å². The predicted molar refractivity (Wildman–Crippen MR) is 76.4 cm³/mol. The molecule has 1 atom stereocenters. The normalized spacial score (nSPS) is 18.4. The Morgan fingerprint density at radius 3 is 2.81 bits per heavy atom. The van der Waals surface area contributed by atoms with Crippen molar-refractivity contribution in [2.45, 2.75) is 12.6 Å². The summed E-state index contributed by atoms with van der Waals surface area (Å²) in [6, 6.07) is 9.87. The van der Waals surface area contributed by atoms with E-state index in [9.17, 15) is 4.79 Å². The lowest BCUT2D eigenvalue weighted by Crippen LogP contribution is -2.42. The van der Waals surface area contributed by atoms with Crippen molar-refractivity contribution in [2.75, 3.05) is 19.8 Å². The van der Waals surface area contributed by atoms with Gasteiger partial charge in [0.2, 0.25) is 0 Å². The summed E-state index contributed by atoms with van der Waals surface area (Å²) in [6.45, 7) is 1.82. The third-order valence-electron chi connectivity index (χ3n) is 3.34. The Balaban J connectivity index is 1.54. The first-order valence-corrected chi connectivity index (χ1v) is 6.89. The van der Waals surface area contributed by atoms with Gasteiger partial charge in [-0.05, 0) is 17.2 Å². The number of hydrogen-bond acceptors (Lipinski definition) is 4. The molecule has 1 amide bonds. The molecule has 1 fully saturated rings. The summed E-state index contributed by atoms with van der Waals surface area (Å²) in [5.41, 5.74) is 3.06. The largest absolute Gasteiger partial charge is 0.376 e. The lowest BCUT2D eigenvalue weighted by molar-refractivity contribution is -0.147. The van der Waals surface area contributed by atoms with Gasteiger partial charge in [-0.3, -0.25) is 9.89 Å². The number of nitrogens with one attached hydrogen (secondary N) is 2. The molecule has 0 bridgehead atoms. The zero-order valence-corrected chi connectivity index (χ0v) is 11.5. The molecule has 110 valence electrons. The number of H-pyrrole nitrogens is 1. The third kappa shape index (κ3) is 3.48. The minimum Gasteiger partial charge on any atom is -0.376 e. The summed E-state index contributed by atoms with van der Waals surface area (Å²) < 4.78 is 10.6. The Morgan fingerprint density at radius 1 is 1.29 bits per heavy atom. The van der Waals surface area contributed by atoms with Crippen molar-refractivity contribution >= 4 is 5.91 Å². The quantitative estimate of drug-likeness (QED) is 0.883. The molecule has 21 heavy (non-hydrogen) atoms. The maximum absolute atomic E-state index is 11.9. The van der Waals surface area contributed by atoms with Gasteiger partial charge in [0.25, 0.3) is 5.91 Å². The molecule has 1 saturated heterocycles. The number of benzene rings is 1. The predicted octanol–water partition coefficient (Wildman–Crippen LogP) is 1.11. The van der Waals surface area contributed by atoms with Gasteiger partial charge >= 0.3 is 0 Å². The van der Waals surface area contributed by atoms with Crippen molar-refractivity contribution in [1.29, 1.82) is 0 Å². The molecule has 1 aliphatic heterocycles. The van der Waals surface area contributed by atoms with Crippen LogP contribution < -0.4 is 5.32 Å². The molecule has 6 nitrogen and oxygen atoms in total. The van der Waals surface area contributed by atoms with E-state index in [1.807, 2.05) is 30.3 Å². The van der Waals surface area contributed by atoms with Gasteiger partial charge in [0.05, 0.1) is 25.5 Å². The average Bonchev–Trinajstić information content (AvgIpc) is 3.08. The lowest BCUT2D eigenvalue weighted by Gasteiger charge is -2.22. The van der Waals surface area contributed by atoms with E-state index >= 15 is 0 Å². The maximum atomic E-state index is 11.9. The highest BCUT2D eigenvalue weighted by atomic mass is 16.6. The molecule has 0 spiro atoms. The number of aromatic nitrogens is 2. The number of carbonyl (C=O) groups is 1. The average molecular weight is 287 g/mol. The van der Waals surface area contributed by atoms with Crippen molar-refractivity contribution in [3.63, 3.8) is 0 Å². The monoisotopic (exact) mass is 287 g/mol. The van der Waals surface area contributed by atoms with Crippen LogP contribution in [0, 0.1) is 0 Å². The van der Waals surface area contributed by atoms with E-state index in [1.54, 1.807) is 6.20 Å². The molecule has 0 radical (unpaired) electrons. The molecule has 1 aliphatic rings. The fourth-order valence-corrected chi connectivity index (χ4v) is 2.16. The van der Waals surface area contributed by atoms with E-state index in [1.165, 1.54) is 0 Å². The highest BCUT2D eigenvalue weighted by Gasteiger charge is 2.22. The lowest BCUT2D eigenvalue weighted by atomic mass is 10.1. The molecule has 1 aromatic carbocycles. The maximum Gasteiger partial charge on any atom is 0.251 e. The Labute approximate surface area is 122 Å². The second-order valence-corrected chi connectivity index (χ2v) is 4.82. The molecule has 0 aliphatic carbocycles. The molecule has 6 heteroatoms. The topological polar surface area (TPSA) is 76.2 Å². The van der Waals surface area contributed by atoms with Crippen LogP contribution in [0.3, 0.4) is 0 Å². The fraction of sp³-hybridized carbons (Fsp3) is 0.333. The molecule has 1 unspecified atom stereocenters. The van der Waals surface area contributed by atoms with Gasteiger partial charge < -0.3 is 14.8 Å². The van der Waals surface area contributed by atoms with Gasteiger partial charge in [-0.2, -0.15) is 5.10 Å². The van der Waals surface area contributed by atoms with Crippen LogP contribution in [-0.2, 0) is 20.8 Å². The van der Waals surface area contributed by atoms with E-state index in [2.05, 4.69) is 15.5 Å². The van der Waals surface area contributed by atoms with E-state index in [0.29, 0.717) is 26.4 Å². The number of hydrogen-bond donors (Lipinski definition) is 2. The number of nitrogens with zero attached hydrogens (tertiary/aromatic N) is 1. The molecular weight excluding hydrogens is 270 g/mol. The Bertz CT molecular complexity index is 575. The van der Waals surface area contributed by atoms with Gasteiger partial charge in [-0.25, -0.2) is 0 Å². The molecule has 1 aromatic heterocycles. The Hall–Kier alpha value is -2.18. The molecule has 2 heterocycles. The van der Waals surface area contributed by atoms with Crippen LogP contribution in [0.4, 0.5) is 0 Å². The standard InChI is InChI=1S/C15H17N3O3/c19-15(14-10-20-7-8-21-14)16-9-11-1-3-12(4-2-11)13-5-6-17-18-13/h1-6,14H,7-10H2,(H,16,19)(H,17,18). The molecule has 0 saturated carbocycles. The number of carbonyl (C=O) groups excluding carboxylic acids is 1. The van der Waals surface area contributed by atoms with Crippen molar-refractivity contribution in [1.82, 2.24) is 15.5 Å². The van der Waals surface area contributed by atoms with Crippen LogP contribution >= 0.6 is 0 Å². The number of aromatic amines is 1. The molecular formula is C15H17N3O3. The second-order valence-electron chi connectivity index (χ2n) is 4.82. The van der Waals surface area contributed by atoms with Crippen LogP contribution in [0.15, 0.2) is 36.5 Å². The van der Waals surface area contributed by atoms with Gasteiger partial charge in [0.1, 0.15) is 0 Å². The SMILES string of the molecule is O=C(NCc1ccc(-c2ccn[nH]2)cc1)C1COCCO1. The minimum atomic E-state index is -0.497. The smallest absolute Gasteiger partial charge is 0.251 e. The first-order valence-electron chi connectivity index (χ1n) is 6.89. The van der Waals surface area contributed by atoms with Crippen molar-refractivity contribution in [3.8, 4) is 11.3 Å². The van der Waals surface area contributed by atoms with Gasteiger partial charge in [-0.15, -0.1) is 0 Å². The third-order valence-corrected chi connectivity index (χ3v) is 3.34. The van der Waals surface area contributed by atoms with Crippen molar-refractivity contribution in [2.24, 2.45) is 0 Å². The van der Waals surface area contributed by atoms with Crippen LogP contribution in [-0.4, -0.2) is 42.0 Å². The molecule has 3 rings (SSSR count). The number of amides is 1. The summed E-state index contributed by atoms with van der Waals surface area (Å²) in [5, 5.41) is 9.70. The summed E-state index contributed by atoms with van der Waals surface area (Å²) in [6.07, 6.45) is 1.22. The van der Waals surface area contributed by atoms with Gasteiger partial charge in [0.15, 0.2) is 6.10 Å². The first-order chi connectivity index (χ1) is 10.3. The van der Waals surface area contributed by atoms with Gasteiger partial charge in [0, 0.05) is 12.7 Å². The van der Waals surface area contributed by atoms with Crippen molar-refractivity contribution in [3.05, 3.63) is 42.1 Å². The summed E-state index contributed by atoms with van der Waals surface area (Å²) in [7, 11) is 0. The van der Waals surface area contributed by atoms with E-state index in [0.717, 1.165) is 16.8 Å².